The standard InChI is InChI=1S/C35H31N/c1-26-9-19-33(20-10-26)36(34-21-11-27(2)12-22-34)35-23-17-30(18-24-35)28(3)25-29-13-15-32(16-14-29)31-7-5-4-6-8-31/h4-25H,1-3H3. The van der Waals surface area contributed by atoms with Crippen molar-refractivity contribution in [2.75, 3.05) is 4.90 Å². The van der Waals surface area contributed by atoms with Crippen LogP contribution in [0.2, 0.25) is 0 Å². The summed E-state index contributed by atoms with van der Waals surface area (Å²) in [6, 6.07) is 45.6. The molecule has 0 amide bonds. The number of aryl methyl sites for hydroxylation is 2. The van der Waals surface area contributed by atoms with E-state index in [2.05, 4.69) is 159 Å². The van der Waals surface area contributed by atoms with E-state index in [0.717, 1.165) is 17.1 Å². The molecule has 36 heavy (non-hydrogen) atoms. The van der Waals surface area contributed by atoms with Crippen LogP contribution in [0.4, 0.5) is 17.1 Å². The molecule has 5 rings (SSSR count). The lowest BCUT2D eigenvalue weighted by atomic mass is 10.0. The number of anilines is 3. The van der Waals surface area contributed by atoms with Gasteiger partial charge in [0.15, 0.2) is 0 Å². The van der Waals surface area contributed by atoms with Gasteiger partial charge < -0.3 is 4.90 Å². The van der Waals surface area contributed by atoms with Crippen molar-refractivity contribution >= 4 is 28.7 Å². The lowest BCUT2D eigenvalue weighted by Gasteiger charge is -2.26. The molecule has 0 aliphatic heterocycles. The van der Waals surface area contributed by atoms with Crippen molar-refractivity contribution in [1.29, 1.82) is 0 Å². The second kappa shape index (κ2) is 10.5. The number of hydrogen-bond acceptors (Lipinski definition) is 1. The third kappa shape index (κ3) is 5.31. The molecule has 176 valence electrons. The fourth-order valence-corrected chi connectivity index (χ4v) is 4.44. The molecule has 0 bridgehead atoms. The summed E-state index contributed by atoms with van der Waals surface area (Å²) in [5.41, 5.74) is 12.1. The highest BCUT2D eigenvalue weighted by molar-refractivity contribution is 5.83. The number of nitrogens with zero attached hydrogens (tertiary/aromatic N) is 1. The Morgan fingerprint density at radius 3 is 1.44 bits per heavy atom. The Kier molecular flexibility index (Phi) is 6.82. The maximum absolute atomic E-state index is 2.31. The van der Waals surface area contributed by atoms with Crippen molar-refractivity contribution < 1.29 is 0 Å². The Balaban J connectivity index is 1.41. The van der Waals surface area contributed by atoms with Crippen LogP contribution in [0.25, 0.3) is 22.8 Å². The molecule has 0 saturated carbocycles. The summed E-state index contributed by atoms with van der Waals surface area (Å²) in [5.74, 6) is 0. The Bertz CT molecular complexity index is 1400. The van der Waals surface area contributed by atoms with Gasteiger partial charge >= 0.3 is 0 Å². The Morgan fingerprint density at radius 2 is 0.944 bits per heavy atom. The van der Waals surface area contributed by atoms with E-state index in [-0.39, 0.29) is 0 Å². The first kappa shape index (κ1) is 23.4. The smallest absolute Gasteiger partial charge is 0.0462 e. The van der Waals surface area contributed by atoms with Gasteiger partial charge in [-0.2, -0.15) is 0 Å². The molecular formula is C35H31N. The number of rotatable bonds is 6. The monoisotopic (exact) mass is 465 g/mol. The average Bonchev–Trinajstić information content (AvgIpc) is 2.92. The van der Waals surface area contributed by atoms with Crippen molar-refractivity contribution in [3.05, 3.63) is 150 Å². The molecule has 1 heteroatoms. The summed E-state index contributed by atoms with van der Waals surface area (Å²) < 4.78 is 0. The van der Waals surface area contributed by atoms with Crippen LogP contribution in [0.1, 0.15) is 29.2 Å². The fourth-order valence-electron chi connectivity index (χ4n) is 4.44. The Morgan fingerprint density at radius 1 is 0.500 bits per heavy atom. The highest BCUT2D eigenvalue weighted by Gasteiger charge is 2.12. The van der Waals surface area contributed by atoms with Gasteiger partial charge in [-0.05, 0) is 85.0 Å². The highest BCUT2D eigenvalue weighted by atomic mass is 15.1. The van der Waals surface area contributed by atoms with Crippen LogP contribution in [0, 0.1) is 13.8 Å². The van der Waals surface area contributed by atoms with E-state index in [4.69, 9.17) is 0 Å². The zero-order chi connectivity index (χ0) is 24.9. The molecule has 0 atom stereocenters. The van der Waals surface area contributed by atoms with Gasteiger partial charge in [0.2, 0.25) is 0 Å². The number of benzene rings is 5. The molecule has 0 radical (unpaired) electrons. The maximum atomic E-state index is 2.31. The van der Waals surface area contributed by atoms with Gasteiger partial charge in [0.05, 0.1) is 0 Å². The zero-order valence-corrected chi connectivity index (χ0v) is 21.1. The van der Waals surface area contributed by atoms with Crippen LogP contribution < -0.4 is 4.90 Å². The van der Waals surface area contributed by atoms with E-state index in [1.807, 2.05) is 0 Å². The van der Waals surface area contributed by atoms with Crippen LogP contribution in [-0.4, -0.2) is 0 Å². The second-order valence-corrected chi connectivity index (χ2v) is 9.37. The second-order valence-electron chi connectivity index (χ2n) is 9.37. The fraction of sp³-hybridized carbons (Fsp3) is 0.0857. The van der Waals surface area contributed by atoms with Crippen LogP contribution in [0.3, 0.4) is 0 Å². The van der Waals surface area contributed by atoms with E-state index in [1.54, 1.807) is 0 Å². The van der Waals surface area contributed by atoms with E-state index >= 15 is 0 Å². The third-order valence-electron chi connectivity index (χ3n) is 6.57. The first-order valence-corrected chi connectivity index (χ1v) is 12.4. The topological polar surface area (TPSA) is 3.24 Å². The highest BCUT2D eigenvalue weighted by Crippen LogP contribution is 2.35. The first-order chi connectivity index (χ1) is 17.6. The minimum absolute atomic E-state index is 1.14. The molecule has 5 aromatic rings. The number of allylic oxidation sites excluding steroid dienone is 1. The summed E-state index contributed by atoms with van der Waals surface area (Å²) in [4.78, 5) is 2.31. The summed E-state index contributed by atoms with van der Waals surface area (Å²) in [6.07, 6.45) is 2.25. The molecular weight excluding hydrogens is 434 g/mol. The Hall–Kier alpha value is -4.36. The molecule has 1 nitrogen and oxygen atoms in total. The summed E-state index contributed by atoms with van der Waals surface area (Å²) in [7, 11) is 0. The lowest BCUT2D eigenvalue weighted by molar-refractivity contribution is 1.27. The molecule has 0 spiro atoms. The summed E-state index contributed by atoms with van der Waals surface area (Å²) >= 11 is 0. The van der Waals surface area contributed by atoms with E-state index in [9.17, 15) is 0 Å². The normalized spacial score (nSPS) is 11.4. The maximum Gasteiger partial charge on any atom is 0.0462 e. The SMILES string of the molecule is CC(=Cc1ccc(-c2ccccc2)cc1)c1ccc(N(c2ccc(C)cc2)c2ccc(C)cc2)cc1. The minimum atomic E-state index is 1.14. The van der Waals surface area contributed by atoms with E-state index in [0.29, 0.717) is 0 Å². The lowest BCUT2D eigenvalue weighted by Crippen LogP contribution is -2.09. The quantitative estimate of drug-likeness (QED) is 0.225. The van der Waals surface area contributed by atoms with Crippen molar-refractivity contribution in [2.45, 2.75) is 20.8 Å². The molecule has 0 heterocycles. The minimum Gasteiger partial charge on any atom is -0.311 e. The molecule has 0 aromatic heterocycles. The molecule has 0 aliphatic rings. The van der Waals surface area contributed by atoms with Crippen molar-refractivity contribution in [3.8, 4) is 11.1 Å². The van der Waals surface area contributed by atoms with Gasteiger partial charge in [-0.25, -0.2) is 0 Å². The number of hydrogen-bond donors (Lipinski definition) is 0. The van der Waals surface area contributed by atoms with Gasteiger partial charge in [0.1, 0.15) is 0 Å². The van der Waals surface area contributed by atoms with Crippen LogP contribution in [-0.2, 0) is 0 Å². The van der Waals surface area contributed by atoms with Crippen molar-refractivity contribution in [2.24, 2.45) is 0 Å². The zero-order valence-electron chi connectivity index (χ0n) is 21.1. The first-order valence-electron chi connectivity index (χ1n) is 12.4. The van der Waals surface area contributed by atoms with Crippen molar-refractivity contribution in [3.63, 3.8) is 0 Å². The van der Waals surface area contributed by atoms with E-state index in [1.165, 1.54) is 39.0 Å². The summed E-state index contributed by atoms with van der Waals surface area (Å²) in [5, 5.41) is 0. The molecule has 0 N–H and O–H groups in total. The van der Waals surface area contributed by atoms with Gasteiger partial charge in [0.25, 0.3) is 0 Å². The Labute approximate surface area is 215 Å². The van der Waals surface area contributed by atoms with Crippen molar-refractivity contribution in [1.82, 2.24) is 0 Å². The van der Waals surface area contributed by atoms with Gasteiger partial charge in [0, 0.05) is 17.1 Å². The molecule has 5 aromatic carbocycles. The average molecular weight is 466 g/mol. The third-order valence-corrected chi connectivity index (χ3v) is 6.57. The predicted molar refractivity (Wildman–Crippen MR) is 156 cm³/mol. The van der Waals surface area contributed by atoms with Gasteiger partial charge in [-0.15, -0.1) is 0 Å². The van der Waals surface area contributed by atoms with Crippen LogP contribution in [0.15, 0.2) is 127 Å². The van der Waals surface area contributed by atoms with E-state index < -0.39 is 0 Å². The van der Waals surface area contributed by atoms with Gasteiger partial charge in [-0.3, -0.25) is 0 Å². The summed E-state index contributed by atoms with van der Waals surface area (Å²) in [6.45, 7) is 6.43. The molecule has 0 saturated heterocycles. The molecule has 0 unspecified atom stereocenters. The molecule has 0 aliphatic carbocycles. The molecule has 0 fully saturated rings. The van der Waals surface area contributed by atoms with Gasteiger partial charge in [-0.1, -0.05) is 108 Å². The largest absolute Gasteiger partial charge is 0.311 e. The van der Waals surface area contributed by atoms with Crippen LogP contribution in [0.5, 0.6) is 0 Å². The van der Waals surface area contributed by atoms with Crippen LogP contribution >= 0.6 is 0 Å². The predicted octanol–water partition coefficient (Wildman–Crippen LogP) is 10.0.